The third-order valence-corrected chi connectivity index (χ3v) is 4.02. The second-order valence-electron chi connectivity index (χ2n) is 3.86. The fraction of sp³-hybridized carbons (Fsp3) is 0.385. The summed E-state index contributed by atoms with van der Waals surface area (Å²) in [5.74, 6) is 0. The zero-order chi connectivity index (χ0) is 12.9. The number of nitrogens with zero attached hydrogens (tertiary/aromatic N) is 1. The average molecular weight is 253 g/mol. The van der Waals surface area contributed by atoms with E-state index in [1.54, 1.807) is 30.5 Å². The van der Waals surface area contributed by atoms with Gasteiger partial charge in [0.2, 0.25) is 9.84 Å². The second kappa shape index (κ2) is 5.87. The SMILES string of the molecule is CCN(/C=C/S(=O)(=O)c1ccc(C)cc1)CC. The van der Waals surface area contributed by atoms with Crippen molar-refractivity contribution in [2.75, 3.05) is 13.1 Å². The van der Waals surface area contributed by atoms with E-state index in [0.717, 1.165) is 18.7 Å². The van der Waals surface area contributed by atoms with Crippen LogP contribution in [-0.2, 0) is 9.84 Å². The molecule has 0 spiro atoms. The van der Waals surface area contributed by atoms with Crippen molar-refractivity contribution in [1.29, 1.82) is 0 Å². The number of hydrogen-bond acceptors (Lipinski definition) is 3. The summed E-state index contributed by atoms with van der Waals surface area (Å²) in [5.41, 5.74) is 1.05. The number of sulfone groups is 1. The van der Waals surface area contributed by atoms with Crippen molar-refractivity contribution in [2.45, 2.75) is 25.7 Å². The van der Waals surface area contributed by atoms with Gasteiger partial charge in [0.15, 0.2) is 0 Å². The number of hydrogen-bond donors (Lipinski definition) is 0. The molecule has 0 bridgehead atoms. The van der Waals surface area contributed by atoms with Gasteiger partial charge in [0.05, 0.1) is 10.3 Å². The normalized spacial score (nSPS) is 11.9. The van der Waals surface area contributed by atoms with Crippen molar-refractivity contribution in [3.8, 4) is 0 Å². The molecule has 0 amide bonds. The van der Waals surface area contributed by atoms with Crippen LogP contribution in [0.15, 0.2) is 40.8 Å². The van der Waals surface area contributed by atoms with Crippen molar-refractivity contribution >= 4 is 9.84 Å². The lowest BCUT2D eigenvalue weighted by atomic mass is 10.2. The Bertz CT molecular complexity index is 471. The summed E-state index contributed by atoms with van der Waals surface area (Å²) in [6.45, 7) is 7.52. The molecule has 0 N–H and O–H groups in total. The van der Waals surface area contributed by atoms with Crippen LogP contribution in [0.5, 0.6) is 0 Å². The van der Waals surface area contributed by atoms with Crippen LogP contribution in [0.3, 0.4) is 0 Å². The molecule has 0 aliphatic rings. The summed E-state index contributed by atoms with van der Waals surface area (Å²) in [6.07, 6.45) is 1.63. The lowest BCUT2D eigenvalue weighted by Gasteiger charge is -2.14. The van der Waals surface area contributed by atoms with Crippen molar-refractivity contribution in [3.05, 3.63) is 41.4 Å². The fourth-order valence-electron chi connectivity index (χ4n) is 1.41. The Hall–Kier alpha value is -1.29. The maximum Gasteiger partial charge on any atom is 0.201 e. The van der Waals surface area contributed by atoms with E-state index in [0.29, 0.717) is 4.90 Å². The molecule has 0 saturated carbocycles. The van der Waals surface area contributed by atoms with E-state index in [1.165, 1.54) is 5.41 Å². The molecule has 1 aromatic rings. The van der Waals surface area contributed by atoms with Crippen LogP contribution < -0.4 is 0 Å². The standard InChI is InChI=1S/C13H19NO2S/c1-4-14(5-2)10-11-17(15,16)13-8-6-12(3)7-9-13/h6-11H,4-5H2,1-3H3/b11-10+. The molecule has 0 aliphatic heterocycles. The molecule has 4 heteroatoms. The monoisotopic (exact) mass is 253 g/mol. The van der Waals surface area contributed by atoms with Crippen LogP contribution in [0.2, 0.25) is 0 Å². The molecule has 0 saturated heterocycles. The maximum atomic E-state index is 12.0. The Morgan fingerprint density at radius 3 is 2.12 bits per heavy atom. The van der Waals surface area contributed by atoms with Gasteiger partial charge in [-0.2, -0.15) is 0 Å². The fourth-order valence-corrected chi connectivity index (χ4v) is 2.41. The van der Waals surface area contributed by atoms with Gasteiger partial charge in [-0.3, -0.25) is 0 Å². The van der Waals surface area contributed by atoms with Gasteiger partial charge in [0.25, 0.3) is 0 Å². The van der Waals surface area contributed by atoms with E-state index in [9.17, 15) is 8.42 Å². The molecule has 0 fully saturated rings. The first kappa shape index (κ1) is 13.8. The average Bonchev–Trinajstić information content (AvgIpc) is 2.31. The molecule has 17 heavy (non-hydrogen) atoms. The van der Waals surface area contributed by atoms with Crippen LogP contribution in [0, 0.1) is 6.92 Å². The lowest BCUT2D eigenvalue weighted by Crippen LogP contribution is -2.15. The van der Waals surface area contributed by atoms with Crippen LogP contribution in [0.25, 0.3) is 0 Å². The second-order valence-corrected chi connectivity index (χ2v) is 5.70. The van der Waals surface area contributed by atoms with E-state index in [2.05, 4.69) is 0 Å². The third kappa shape index (κ3) is 3.89. The minimum Gasteiger partial charge on any atom is -0.377 e. The molecule has 0 radical (unpaired) electrons. The van der Waals surface area contributed by atoms with Gasteiger partial charge >= 0.3 is 0 Å². The number of aryl methyl sites for hydroxylation is 1. The first-order valence-electron chi connectivity index (χ1n) is 5.73. The Morgan fingerprint density at radius 2 is 1.65 bits per heavy atom. The Labute approximate surface area is 104 Å². The first-order chi connectivity index (χ1) is 7.99. The van der Waals surface area contributed by atoms with E-state index in [-0.39, 0.29) is 0 Å². The van der Waals surface area contributed by atoms with Gasteiger partial charge < -0.3 is 4.90 Å². The summed E-state index contributed by atoms with van der Waals surface area (Å²) in [5, 5.41) is 1.27. The highest BCUT2D eigenvalue weighted by Crippen LogP contribution is 2.13. The summed E-state index contributed by atoms with van der Waals surface area (Å²) in [6, 6.07) is 6.88. The van der Waals surface area contributed by atoms with Gasteiger partial charge in [-0.15, -0.1) is 0 Å². The van der Waals surface area contributed by atoms with Crippen LogP contribution in [0.1, 0.15) is 19.4 Å². The largest absolute Gasteiger partial charge is 0.377 e. The predicted octanol–water partition coefficient (Wildman–Crippen LogP) is 2.58. The van der Waals surface area contributed by atoms with Crippen molar-refractivity contribution in [2.24, 2.45) is 0 Å². The van der Waals surface area contributed by atoms with Gasteiger partial charge in [-0.1, -0.05) is 17.7 Å². The Balaban J connectivity index is 2.92. The topological polar surface area (TPSA) is 37.4 Å². The molecule has 3 nitrogen and oxygen atoms in total. The summed E-state index contributed by atoms with van der Waals surface area (Å²) >= 11 is 0. The molecule has 0 atom stereocenters. The highest BCUT2D eigenvalue weighted by Gasteiger charge is 2.09. The summed E-state index contributed by atoms with van der Waals surface area (Å²) in [7, 11) is -3.31. The Morgan fingerprint density at radius 1 is 1.12 bits per heavy atom. The minimum absolute atomic E-state index is 0.339. The summed E-state index contributed by atoms with van der Waals surface area (Å²) in [4.78, 5) is 2.28. The molecule has 0 heterocycles. The predicted molar refractivity (Wildman–Crippen MR) is 70.4 cm³/mol. The Kier molecular flexibility index (Phi) is 4.75. The van der Waals surface area contributed by atoms with Crippen LogP contribution in [-0.4, -0.2) is 26.4 Å². The molecular weight excluding hydrogens is 234 g/mol. The molecule has 0 aromatic heterocycles. The van der Waals surface area contributed by atoms with Gasteiger partial charge in [0, 0.05) is 19.3 Å². The summed E-state index contributed by atoms with van der Waals surface area (Å²) < 4.78 is 23.9. The molecule has 94 valence electrons. The zero-order valence-electron chi connectivity index (χ0n) is 10.6. The highest BCUT2D eigenvalue weighted by molar-refractivity contribution is 7.94. The lowest BCUT2D eigenvalue weighted by molar-refractivity contribution is 0.419. The molecule has 1 rings (SSSR count). The van der Waals surface area contributed by atoms with Gasteiger partial charge in [-0.05, 0) is 32.9 Å². The molecule has 0 unspecified atom stereocenters. The van der Waals surface area contributed by atoms with E-state index in [4.69, 9.17) is 0 Å². The molecule has 1 aromatic carbocycles. The first-order valence-corrected chi connectivity index (χ1v) is 7.28. The highest BCUT2D eigenvalue weighted by atomic mass is 32.2. The van der Waals surface area contributed by atoms with Crippen molar-refractivity contribution in [1.82, 2.24) is 4.90 Å². The van der Waals surface area contributed by atoms with E-state index >= 15 is 0 Å². The number of benzene rings is 1. The van der Waals surface area contributed by atoms with Gasteiger partial charge in [0.1, 0.15) is 0 Å². The molecular formula is C13H19NO2S. The van der Waals surface area contributed by atoms with Crippen molar-refractivity contribution < 1.29 is 8.42 Å². The van der Waals surface area contributed by atoms with Gasteiger partial charge in [-0.25, -0.2) is 8.42 Å². The smallest absolute Gasteiger partial charge is 0.201 e. The van der Waals surface area contributed by atoms with Crippen LogP contribution >= 0.6 is 0 Å². The van der Waals surface area contributed by atoms with Crippen LogP contribution in [0.4, 0.5) is 0 Å². The van der Waals surface area contributed by atoms with E-state index in [1.807, 2.05) is 25.7 Å². The molecule has 0 aliphatic carbocycles. The minimum atomic E-state index is -3.31. The third-order valence-electron chi connectivity index (χ3n) is 2.61. The zero-order valence-corrected chi connectivity index (χ0v) is 11.4. The number of rotatable bonds is 5. The quantitative estimate of drug-likeness (QED) is 0.809. The van der Waals surface area contributed by atoms with Crippen molar-refractivity contribution in [3.63, 3.8) is 0 Å². The maximum absolute atomic E-state index is 12.0. The van der Waals surface area contributed by atoms with E-state index < -0.39 is 9.84 Å².